The summed E-state index contributed by atoms with van der Waals surface area (Å²) < 4.78 is 30.5. The van der Waals surface area contributed by atoms with Crippen molar-refractivity contribution in [1.29, 1.82) is 0 Å². The van der Waals surface area contributed by atoms with Crippen molar-refractivity contribution >= 4 is 56.8 Å². The first-order chi connectivity index (χ1) is 17.0. The molecule has 2 saturated heterocycles. The van der Waals surface area contributed by atoms with Crippen molar-refractivity contribution in [2.24, 2.45) is 0 Å². The van der Waals surface area contributed by atoms with Crippen LogP contribution in [0.2, 0.25) is 15.1 Å². The van der Waals surface area contributed by atoms with Crippen molar-refractivity contribution in [3.05, 3.63) is 62.6 Å². The standard InChI is InChI=1S/C24H26Cl3N3O5S/c1-36(33,34)29-23(31)9-14-2-7-22(21(27)8-14)35-19-11-17-5-6-18(12-19)30(17)24(32)28-13-15-3-4-16(25)10-20(15)26/h2-4,7-8,10,17-19H,5-6,9,11-13H2,1H3,(H,28,32)(H,29,31)/t17-,18+,19+. The molecule has 2 aliphatic rings. The largest absolute Gasteiger partial charge is 0.489 e. The molecule has 0 radical (unpaired) electrons. The molecule has 2 bridgehead atoms. The minimum absolute atomic E-state index is 0.0622. The summed E-state index contributed by atoms with van der Waals surface area (Å²) in [5, 5.41) is 4.36. The molecule has 0 spiro atoms. The summed E-state index contributed by atoms with van der Waals surface area (Å²) >= 11 is 18.5. The molecule has 8 nitrogen and oxygen atoms in total. The molecular weight excluding hydrogens is 549 g/mol. The Labute approximate surface area is 225 Å². The molecule has 0 aromatic heterocycles. The fraction of sp³-hybridized carbons (Fsp3) is 0.417. The van der Waals surface area contributed by atoms with Gasteiger partial charge in [0.2, 0.25) is 15.9 Å². The lowest BCUT2D eigenvalue weighted by molar-refractivity contribution is -0.118. The van der Waals surface area contributed by atoms with Gasteiger partial charge in [-0.25, -0.2) is 13.2 Å². The van der Waals surface area contributed by atoms with Crippen LogP contribution in [0.1, 0.15) is 36.8 Å². The van der Waals surface area contributed by atoms with E-state index in [1.165, 1.54) is 0 Å². The smallest absolute Gasteiger partial charge is 0.318 e. The van der Waals surface area contributed by atoms with Gasteiger partial charge in [0.05, 0.1) is 17.7 Å². The van der Waals surface area contributed by atoms with Gasteiger partial charge in [-0.3, -0.25) is 9.52 Å². The Morgan fingerprint density at radius 1 is 1.03 bits per heavy atom. The Morgan fingerprint density at radius 3 is 2.33 bits per heavy atom. The number of piperidine rings is 1. The zero-order valence-electron chi connectivity index (χ0n) is 19.5. The third kappa shape index (κ3) is 6.76. The summed E-state index contributed by atoms with van der Waals surface area (Å²) in [7, 11) is -3.62. The number of halogens is 3. The molecule has 194 valence electrons. The molecule has 12 heteroatoms. The molecule has 3 atom stereocenters. The van der Waals surface area contributed by atoms with Crippen molar-refractivity contribution in [3.63, 3.8) is 0 Å². The first-order valence-electron chi connectivity index (χ1n) is 11.4. The van der Waals surface area contributed by atoms with Crippen LogP contribution in [0.5, 0.6) is 5.75 Å². The molecule has 0 saturated carbocycles. The van der Waals surface area contributed by atoms with Crippen LogP contribution in [-0.2, 0) is 27.8 Å². The highest BCUT2D eigenvalue weighted by Crippen LogP contribution is 2.38. The fourth-order valence-corrected chi connectivity index (χ4v) is 6.05. The number of carbonyl (C=O) groups is 2. The molecule has 2 aliphatic heterocycles. The first-order valence-corrected chi connectivity index (χ1v) is 14.5. The number of nitrogens with one attached hydrogen (secondary N) is 2. The summed E-state index contributed by atoms with van der Waals surface area (Å²) in [5.74, 6) is -0.147. The lowest BCUT2D eigenvalue weighted by Crippen LogP contribution is -2.52. The molecule has 2 heterocycles. The quantitative estimate of drug-likeness (QED) is 0.505. The predicted octanol–water partition coefficient (Wildman–Crippen LogP) is 4.55. The second-order valence-corrected chi connectivity index (χ2v) is 12.1. The van der Waals surface area contributed by atoms with E-state index in [4.69, 9.17) is 39.5 Å². The highest BCUT2D eigenvalue weighted by molar-refractivity contribution is 7.89. The van der Waals surface area contributed by atoms with E-state index in [1.54, 1.807) is 36.4 Å². The van der Waals surface area contributed by atoms with Gasteiger partial charge in [-0.2, -0.15) is 0 Å². The Bertz CT molecular complexity index is 1260. The summed E-state index contributed by atoms with van der Waals surface area (Å²) in [4.78, 5) is 26.7. The van der Waals surface area contributed by atoms with Crippen molar-refractivity contribution in [3.8, 4) is 5.75 Å². The third-order valence-corrected chi connectivity index (χ3v) is 7.80. The van der Waals surface area contributed by atoms with Gasteiger partial charge >= 0.3 is 6.03 Å². The van der Waals surface area contributed by atoms with Crippen LogP contribution < -0.4 is 14.8 Å². The third-order valence-electron chi connectivity index (χ3n) is 6.32. The maximum Gasteiger partial charge on any atom is 0.318 e. The zero-order chi connectivity index (χ0) is 26.0. The number of benzene rings is 2. The molecule has 2 aromatic carbocycles. The maximum absolute atomic E-state index is 13.0. The van der Waals surface area contributed by atoms with Crippen LogP contribution in [0.15, 0.2) is 36.4 Å². The molecule has 2 fully saturated rings. The number of rotatable bonds is 7. The Balaban J connectivity index is 1.32. The van der Waals surface area contributed by atoms with E-state index in [0.717, 1.165) is 24.7 Å². The van der Waals surface area contributed by atoms with Gasteiger partial charge in [-0.15, -0.1) is 0 Å². The van der Waals surface area contributed by atoms with Gasteiger partial charge in [-0.05, 0) is 48.2 Å². The SMILES string of the molecule is CS(=O)(=O)NC(=O)Cc1ccc(O[C@H]2C[C@H]3CC[C@@H](C2)N3C(=O)NCc2ccc(Cl)cc2Cl)c(Cl)c1. The number of urea groups is 1. The van der Waals surface area contributed by atoms with E-state index in [-0.39, 0.29) is 30.6 Å². The van der Waals surface area contributed by atoms with Gasteiger partial charge in [-0.1, -0.05) is 46.9 Å². The molecule has 36 heavy (non-hydrogen) atoms. The predicted molar refractivity (Wildman–Crippen MR) is 139 cm³/mol. The normalized spacial score (nSPS) is 21.2. The van der Waals surface area contributed by atoms with Gasteiger partial charge in [0.15, 0.2) is 0 Å². The average molecular weight is 575 g/mol. The van der Waals surface area contributed by atoms with E-state index < -0.39 is 15.9 Å². The lowest BCUT2D eigenvalue weighted by atomic mass is 10.00. The average Bonchev–Trinajstić information content (AvgIpc) is 3.04. The second-order valence-electron chi connectivity index (χ2n) is 9.14. The molecule has 2 aromatic rings. The molecule has 4 rings (SSSR count). The Hall–Kier alpha value is -2.20. The van der Waals surface area contributed by atoms with Gasteiger partial charge in [0.25, 0.3) is 0 Å². The number of carbonyl (C=O) groups excluding carboxylic acids is 2. The van der Waals surface area contributed by atoms with Crippen LogP contribution in [0, 0.1) is 0 Å². The summed E-state index contributed by atoms with van der Waals surface area (Å²) in [6, 6.07) is 10.2. The number of fused-ring (bicyclic) bond motifs is 2. The minimum Gasteiger partial charge on any atom is -0.489 e. The molecule has 3 amide bonds. The number of amides is 3. The monoisotopic (exact) mass is 573 g/mol. The Kier molecular flexibility index (Phi) is 8.24. The summed E-state index contributed by atoms with van der Waals surface area (Å²) in [6.45, 7) is 0.314. The van der Waals surface area contributed by atoms with E-state index in [2.05, 4.69) is 5.32 Å². The number of nitrogens with zero attached hydrogens (tertiary/aromatic N) is 1. The number of hydrogen-bond acceptors (Lipinski definition) is 5. The molecule has 0 unspecified atom stereocenters. The number of hydrogen-bond donors (Lipinski definition) is 2. The van der Waals surface area contributed by atoms with E-state index in [0.29, 0.717) is 45.8 Å². The van der Waals surface area contributed by atoms with Gasteiger partial charge in [0, 0.05) is 41.5 Å². The van der Waals surface area contributed by atoms with Crippen molar-refractivity contribution in [2.45, 2.75) is 56.8 Å². The summed E-state index contributed by atoms with van der Waals surface area (Å²) in [5.41, 5.74) is 1.37. The van der Waals surface area contributed by atoms with Crippen LogP contribution in [0.25, 0.3) is 0 Å². The van der Waals surface area contributed by atoms with Crippen molar-refractivity contribution in [1.82, 2.24) is 14.9 Å². The molecule has 0 aliphatic carbocycles. The maximum atomic E-state index is 13.0. The zero-order valence-corrected chi connectivity index (χ0v) is 22.6. The van der Waals surface area contributed by atoms with Crippen molar-refractivity contribution in [2.75, 3.05) is 6.26 Å². The summed E-state index contributed by atoms with van der Waals surface area (Å²) in [6.07, 6.45) is 3.87. The van der Waals surface area contributed by atoms with Crippen molar-refractivity contribution < 1.29 is 22.7 Å². The number of ether oxygens (including phenoxy) is 1. The van der Waals surface area contributed by atoms with Gasteiger partial charge < -0.3 is 15.0 Å². The first kappa shape index (κ1) is 26.9. The highest BCUT2D eigenvalue weighted by atomic mass is 35.5. The second kappa shape index (κ2) is 11.0. The van der Waals surface area contributed by atoms with Crippen LogP contribution >= 0.6 is 34.8 Å². The van der Waals surface area contributed by atoms with E-state index in [1.807, 2.05) is 9.62 Å². The molecular formula is C24H26Cl3N3O5S. The van der Waals surface area contributed by atoms with Crippen LogP contribution in [-0.4, -0.2) is 49.7 Å². The lowest BCUT2D eigenvalue weighted by Gasteiger charge is -2.39. The number of sulfonamides is 1. The fourth-order valence-electron chi connectivity index (χ4n) is 4.84. The van der Waals surface area contributed by atoms with Gasteiger partial charge in [0.1, 0.15) is 11.9 Å². The van der Waals surface area contributed by atoms with E-state index in [9.17, 15) is 18.0 Å². The molecule has 2 N–H and O–H groups in total. The topological polar surface area (TPSA) is 105 Å². The Morgan fingerprint density at radius 2 is 1.72 bits per heavy atom. The van der Waals surface area contributed by atoms with Crippen LogP contribution in [0.4, 0.5) is 4.79 Å². The van der Waals surface area contributed by atoms with E-state index >= 15 is 0 Å². The highest BCUT2D eigenvalue weighted by Gasteiger charge is 2.44. The minimum atomic E-state index is -3.62. The van der Waals surface area contributed by atoms with Crippen LogP contribution in [0.3, 0.4) is 0 Å².